The molecule has 2 atom stereocenters. The van der Waals surface area contributed by atoms with E-state index in [1.165, 1.54) is 7.11 Å². The van der Waals surface area contributed by atoms with Crippen molar-refractivity contribution in [2.75, 3.05) is 12.2 Å². The molecule has 6 heteroatoms. The van der Waals surface area contributed by atoms with Crippen molar-refractivity contribution in [2.24, 2.45) is 0 Å². The van der Waals surface area contributed by atoms with Crippen molar-refractivity contribution in [3.05, 3.63) is 64.1 Å². The molecule has 1 heterocycles. The summed E-state index contributed by atoms with van der Waals surface area (Å²) >= 11 is 12.1. The van der Waals surface area contributed by atoms with Gasteiger partial charge < -0.3 is 4.74 Å². The molecule has 4 nitrogen and oxygen atoms in total. The van der Waals surface area contributed by atoms with Crippen LogP contribution in [0.1, 0.15) is 24.9 Å². The summed E-state index contributed by atoms with van der Waals surface area (Å²) in [5.41, 5.74) is 0.698. The lowest BCUT2D eigenvalue weighted by molar-refractivity contribution is -0.163. The van der Waals surface area contributed by atoms with Gasteiger partial charge >= 0.3 is 5.97 Å². The van der Waals surface area contributed by atoms with Crippen LogP contribution in [0, 0.1) is 0 Å². The van der Waals surface area contributed by atoms with E-state index in [2.05, 4.69) is 0 Å². The summed E-state index contributed by atoms with van der Waals surface area (Å²) in [6.07, 6.45) is 0.462. The highest BCUT2D eigenvalue weighted by Crippen LogP contribution is 2.44. The van der Waals surface area contributed by atoms with Crippen molar-refractivity contribution in [3.8, 4) is 0 Å². The van der Waals surface area contributed by atoms with Crippen molar-refractivity contribution in [2.45, 2.75) is 25.0 Å². The van der Waals surface area contributed by atoms with Crippen molar-refractivity contribution >= 4 is 34.9 Å². The average Bonchev–Trinajstić information content (AvgIpc) is 2.96. The molecule has 0 spiro atoms. The van der Waals surface area contributed by atoms with E-state index >= 15 is 0 Å². The summed E-state index contributed by atoms with van der Waals surface area (Å²) in [4.78, 5) is 18.2. The van der Waals surface area contributed by atoms with Crippen LogP contribution in [-0.2, 0) is 14.4 Å². The van der Waals surface area contributed by atoms with Crippen LogP contribution in [0.15, 0.2) is 48.5 Å². The molecule has 0 saturated carbocycles. The van der Waals surface area contributed by atoms with E-state index in [0.717, 1.165) is 11.3 Å². The zero-order chi connectivity index (χ0) is 17.3. The van der Waals surface area contributed by atoms with Crippen LogP contribution in [0.3, 0.4) is 0 Å². The number of rotatable bonds is 3. The predicted molar refractivity (Wildman–Crippen MR) is 94.2 cm³/mol. The van der Waals surface area contributed by atoms with Crippen LogP contribution in [-0.4, -0.2) is 18.7 Å². The minimum atomic E-state index is -1.07. The second kappa shape index (κ2) is 6.63. The lowest BCUT2D eigenvalue weighted by Crippen LogP contribution is -2.37. The summed E-state index contributed by atoms with van der Waals surface area (Å²) < 4.78 is 4.91. The van der Waals surface area contributed by atoms with Crippen LogP contribution in [0.5, 0.6) is 0 Å². The van der Waals surface area contributed by atoms with Gasteiger partial charge in [-0.25, -0.2) is 9.86 Å². The van der Waals surface area contributed by atoms with Crippen molar-refractivity contribution in [1.29, 1.82) is 0 Å². The number of carbonyl (C=O) groups is 1. The first kappa shape index (κ1) is 17.1. The third-order valence-corrected chi connectivity index (χ3v) is 4.86. The van der Waals surface area contributed by atoms with Gasteiger partial charge in [-0.1, -0.05) is 53.5 Å². The minimum Gasteiger partial charge on any atom is -0.467 e. The van der Waals surface area contributed by atoms with Gasteiger partial charge in [0.25, 0.3) is 0 Å². The number of ether oxygens (including phenoxy) is 1. The number of hydroxylamine groups is 1. The fraction of sp³-hybridized carbons (Fsp3) is 0.278. The van der Waals surface area contributed by atoms with E-state index in [-0.39, 0.29) is 6.04 Å². The molecule has 1 saturated heterocycles. The molecule has 0 radical (unpaired) electrons. The molecule has 126 valence electrons. The number of carbonyl (C=O) groups excluding carboxylic acids is 1. The molecule has 2 unspecified atom stereocenters. The molecular weight excluding hydrogens is 349 g/mol. The van der Waals surface area contributed by atoms with Crippen LogP contribution in [0.4, 0.5) is 5.69 Å². The van der Waals surface area contributed by atoms with Crippen LogP contribution < -0.4 is 5.06 Å². The number of hydrogen-bond donors (Lipinski definition) is 0. The zero-order valence-corrected chi connectivity index (χ0v) is 14.8. The first-order chi connectivity index (χ1) is 11.4. The summed E-state index contributed by atoms with van der Waals surface area (Å²) in [6.45, 7) is 1.73. The van der Waals surface area contributed by atoms with Gasteiger partial charge in [-0.2, -0.15) is 0 Å². The van der Waals surface area contributed by atoms with Crippen molar-refractivity contribution in [1.82, 2.24) is 0 Å². The smallest absolute Gasteiger partial charge is 0.340 e. The Hall–Kier alpha value is -1.75. The summed E-state index contributed by atoms with van der Waals surface area (Å²) in [7, 11) is 1.36. The molecule has 1 aliphatic heterocycles. The van der Waals surface area contributed by atoms with Gasteiger partial charge in [-0.3, -0.25) is 4.84 Å². The Kier molecular flexibility index (Phi) is 4.72. The molecule has 0 N–H and O–H groups in total. The van der Waals surface area contributed by atoms with E-state index in [1.807, 2.05) is 36.4 Å². The lowest BCUT2D eigenvalue weighted by atomic mass is 9.94. The van der Waals surface area contributed by atoms with Crippen LogP contribution >= 0.6 is 23.2 Å². The van der Waals surface area contributed by atoms with Gasteiger partial charge in [-0.05, 0) is 30.7 Å². The Morgan fingerprint density at radius 2 is 1.92 bits per heavy atom. The summed E-state index contributed by atoms with van der Waals surface area (Å²) in [5.74, 6) is -0.411. The van der Waals surface area contributed by atoms with Gasteiger partial charge in [0, 0.05) is 6.42 Å². The molecule has 0 aromatic heterocycles. The van der Waals surface area contributed by atoms with Gasteiger partial charge in [0.2, 0.25) is 0 Å². The number of anilines is 1. The largest absolute Gasteiger partial charge is 0.467 e. The van der Waals surface area contributed by atoms with Gasteiger partial charge in [0.15, 0.2) is 5.60 Å². The number of esters is 1. The van der Waals surface area contributed by atoms with Gasteiger partial charge in [0.1, 0.15) is 0 Å². The Morgan fingerprint density at radius 3 is 2.54 bits per heavy atom. The molecule has 24 heavy (non-hydrogen) atoms. The van der Waals surface area contributed by atoms with Gasteiger partial charge in [-0.15, -0.1) is 0 Å². The number of methoxy groups -OCH3 is 1. The Morgan fingerprint density at radius 1 is 1.21 bits per heavy atom. The normalized spacial score (nSPS) is 23.3. The van der Waals surface area contributed by atoms with Crippen LogP contribution in [0.2, 0.25) is 10.0 Å². The highest BCUT2D eigenvalue weighted by Gasteiger charge is 2.49. The maximum Gasteiger partial charge on any atom is 0.340 e. The van der Waals surface area contributed by atoms with E-state index in [9.17, 15) is 4.79 Å². The Bertz CT molecular complexity index is 753. The minimum absolute atomic E-state index is 0.146. The fourth-order valence-electron chi connectivity index (χ4n) is 2.89. The summed E-state index contributed by atoms with van der Waals surface area (Å²) in [5, 5.41) is 2.59. The second-order valence-corrected chi connectivity index (χ2v) is 6.68. The third-order valence-electron chi connectivity index (χ3n) is 4.12. The van der Waals surface area contributed by atoms with E-state index in [4.69, 9.17) is 32.8 Å². The third kappa shape index (κ3) is 3.09. The monoisotopic (exact) mass is 365 g/mol. The molecule has 0 amide bonds. The first-order valence-electron chi connectivity index (χ1n) is 7.51. The van der Waals surface area contributed by atoms with Gasteiger partial charge in [0.05, 0.1) is 28.9 Å². The lowest BCUT2D eigenvalue weighted by Gasteiger charge is -2.26. The quantitative estimate of drug-likeness (QED) is 0.731. The molecular formula is C18H17Cl2NO3. The zero-order valence-electron chi connectivity index (χ0n) is 13.3. The van der Waals surface area contributed by atoms with Crippen molar-refractivity contribution < 1.29 is 14.4 Å². The second-order valence-electron chi connectivity index (χ2n) is 5.87. The molecule has 1 fully saturated rings. The maximum absolute atomic E-state index is 12.2. The Balaban J connectivity index is 2.03. The van der Waals surface area contributed by atoms with Crippen LogP contribution in [0.25, 0.3) is 0 Å². The predicted octanol–water partition coefficient (Wildman–Crippen LogP) is 4.81. The number of hydrogen-bond acceptors (Lipinski definition) is 4. The first-order valence-corrected chi connectivity index (χ1v) is 8.27. The standard InChI is InChI=1S/C18H17Cl2NO3/c1-18(17(22)23-2)11-16(12-6-4-3-5-7-12)21(24-18)13-8-9-14(19)15(20)10-13/h3-10,16H,11H2,1-2H3. The highest BCUT2D eigenvalue weighted by atomic mass is 35.5. The SMILES string of the molecule is COC(=O)C1(C)CC(c2ccccc2)N(c2ccc(Cl)c(Cl)c2)O1. The van der Waals surface area contributed by atoms with Crippen molar-refractivity contribution in [3.63, 3.8) is 0 Å². The molecule has 0 bridgehead atoms. The molecule has 2 aromatic carbocycles. The topological polar surface area (TPSA) is 38.8 Å². The fourth-order valence-corrected chi connectivity index (χ4v) is 3.18. The molecule has 2 aromatic rings. The molecule has 1 aliphatic rings. The highest BCUT2D eigenvalue weighted by molar-refractivity contribution is 6.42. The average molecular weight is 366 g/mol. The van der Waals surface area contributed by atoms with E-state index < -0.39 is 11.6 Å². The number of halogens is 2. The number of nitrogens with zero attached hydrogens (tertiary/aromatic N) is 1. The maximum atomic E-state index is 12.2. The Labute approximate surface area is 150 Å². The van der Waals surface area contributed by atoms with E-state index in [0.29, 0.717) is 16.5 Å². The molecule has 3 rings (SSSR count). The molecule has 0 aliphatic carbocycles. The summed E-state index contributed by atoms with van der Waals surface area (Å²) in [6, 6.07) is 15.0. The number of benzene rings is 2. The van der Waals surface area contributed by atoms with E-state index in [1.54, 1.807) is 24.1 Å².